The molecule has 3 atom stereocenters. The van der Waals surface area contributed by atoms with Gasteiger partial charge in [-0.05, 0) is 61.5 Å². The first kappa shape index (κ1) is 12.2. The molecule has 1 nitrogen and oxygen atoms in total. The van der Waals surface area contributed by atoms with Crippen molar-refractivity contribution in [2.45, 2.75) is 57.4 Å². The van der Waals surface area contributed by atoms with Crippen LogP contribution in [0.1, 0.15) is 56.1 Å². The molecule has 1 aromatic rings. The molecule has 0 saturated heterocycles. The fraction of sp³-hybridized carbons (Fsp3) is 0.647. The van der Waals surface area contributed by atoms with Gasteiger partial charge in [0.15, 0.2) is 0 Å². The van der Waals surface area contributed by atoms with Gasteiger partial charge < -0.3 is 5.32 Å². The minimum absolute atomic E-state index is 0.755. The van der Waals surface area contributed by atoms with Crippen molar-refractivity contribution in [3.05, 3.63) is 35.4 Å². The van der Waals surface area contributed by atoms with Crippen molar-refractivity contribution in [2.75, 3.05) is 6.54 Å². The molecule has 0 amide bonds. The summed E-state index contributed by atoms with van der Waals surface area (Å²) in [5.41, 5.74) is 3.21. The van der Waals surface area contributed by atoms with Crippen LogP contribution in [0.15, 0.2) is 24.3 Å². The SMILES string of the molecule is CC1CCC(NCC2CCCc3ccccc32)C1. The van der Waals surface area contributed by atoms with Gasteiger partial charge in [0.2, 0.25) is 0 Å². The molecule has 18 heavy (non-hydrogen) atoms. The molecule has 2 aliphatic rings. The summed E-state index contributed by atoms with van der Waals surface area (Å²) >= 11 is 0. The highest BCUT2D eigenvalue weighted by molar-refractivity contribution is 5.32. The molecule has 1 N–H and O–H groups in total. The number of rotatable bonds is 3. The van der Waals surface area contributed by atoms with Crippen LogP contribution >= 0.6 is 0 Å². The molecule has 1 aromatic carbocycles. The maximum Gasteiger partial charge on any atom is 0.00699 e. The smallest absolute Gasteiger partial charge is 0.00699 e. The van der Waals surface area contributed by atoms with Crippen LogP contribution < -0.4 is 5.32 Å². The average Bonchev–Trinajstić information content (AvgIpc) is 2.82. The molecule has 0 spiro atoms. The quantitative estimate of drug-likeness (QED) is 0.849. The highest BCUT2D eigenvalue weighted by Crippen LogP contribution is 2.32. The van der Waals surface area contributed by atoms with Crippen molar-refractivity contribution in [2.24, 2.45) is 5.92 Å². The molecule has 1 fully saturated rings. The molecular weight excluding hydrogens is 218 g/mol. The summed E-state index contributed by atoms with van der Waals surface area (Å²) in [6.45, 7) is 3.58. The van der Waals surface area contributed by atoms with Crippen LogP contribution in [0.25, 0.3) is 0 Å². The average molecular weight is 243 g/mol. The Kier molecular flexibility index (Phi) is 3.69. The monoisotopic (exact) mass is 243 g/mol. The second-order valence-electron chi connectivity index (χ2n) is 6.31. The van der Waals surface area contributed by atoms with Crippen LogP contribution in [0.3, 0.4) is 0 Å². The highest BCUT2D eigenvalue weighted by Gasteiger charge is 2.24. The summed E-state index contributed by atoms with van der Waals surface area (Å²) in [6, 6.07) is 9.84. The molecule has 0 aliphatic heterocycles. The molecule has 0 heterocycles. The fourth-order valence-electron chi connectivity index (χ4n) is 3.77. The summed E-state index contributed by atoms with van der Waals surface area (Å²) < 4.78 is 0. The summed E-state index contributed by atoms with van der Waals surface area (Å²) in [6.07, 6.45) is 8.20. The third-order valence-electron chi connectivity index (χ3n) is 4.84. The zero-order valence-corrected chi connectivity index (χ0v) is 11.5. The standard InChI is InChI=1S/C17H25N/c1-13-9-10-16(11-13)18-12-15-7-4-6-14-5-2-3-8-17(14)15/h2-3,5,8,13,15-16,18H,4,6-7,9-12H2,1H3. The van der Waals surface area contributed by atoms with Crippen molar-refractivity contribution < 1.29 is 0 Å². The molecule has 0 aromatic heterocycles. The Bertz CT molecular complexity index is 398. The Labute approximate surface area is 111 Å². The van der Waals surface area contributed by atoms with E-state index >= 15 is 0 Å². The molecule has 1 saturated carbocycles. The van der Waals surface area contributed by atoms with Gasteiger partial charge in [0, 0.05) is 12.6 Å². The van der Waals surface area contributed by atoms with Crippen LogP contribution in [0.2, 0.25) is 0 Å². The van der Waals surface area contributed by atoms with Crippen LogP contribution in [0.5, 0.6) is 0 Å². The lowest BCUT2D eigenvalue weighted by atomic mass is 9.83. The van der Waals surface area contributed by atoms with Crippen LogP contribution in [-0.4, -0.2) is 12.6 Å². The molecule has 3 rings (SSSR count). The minimum Gasteiger partial charge on any atom is -0.313 e. The van der Waals surface area contributed by atoms with Crippen LogP contribution in [0, 0.1) is 5.92 Å². The number of nitrogens with one attached hydrogen (secondary N) is 1. The lowest BCUT2D eigenvalue weighted by Gasteiger charge is -2.27. The van der Waals surface area contributed by atoms with E-state index in [1.165, 1.54) is 45.1 Å². The Morgan fingerprint density at radius 2 is 2.06 bits per heavy atom. The second-order valence-corrected chi connectivity index (χ2v) is 6.31. The molecular formula is C17H25N. The zero-order valence-electron chi connectivity index (χ0n) is 11.5. The van der Waals surface area contributed by atoms with E-state index in [9.17, 15) is 0 Å². The Hall–Kier alpha value is -0.820. The van der Waals surface area contributed by atoms with E-state index in [1.54, 1.807) is 11.1 Å². The Morgan fingerprint density at radius 1 is 1.17 bits per heavy atom. The maximum atomic E-state index is 3.82. The molecule has 2 aliphatic carbocycles. The first-order chi connectivity index (χ1) is 8.83. The second kappa shape index (κ2) is 5.44. The predicted molar refractivity (Wildman–Crippen MR) is 76.9 cm³/mol. The van der Waals surface area contributed by atoms with E-state index in [2.05, 4.69) is 36.5 Å². The maximum absolute atomic E-state index is 3.82. The third kappa shape index (κ3) is 2.61. The van der Waals surface area contributed by atoms with Crippen molar-refractivity contribution in [1.82, 2.24) is 5.32 Å². The number of hydrogen-bond donors (Lipinski definition) is 1. The van der Waals surface area contributed by atoms with Gasteiger partial charge in [-0.2, -0.15) is 0 Å². The zero-order chi connectivity index (χ0) is 12.4. The minimum atomic E-state index is 0.755. The molecule has 0 radical (unpaired) electrons. The largest absolute Gasteiger partial charge is 0.313 e. The summed E-state index contributed by atoms with van der Waals surface area (Å²) in [5.74, 6) is 1.69. The highest BCUT2D eigenvalue weighted by atomic mass is 14.9. The van der Waals surface area contributed by atoms with Crippen molar-refractivity contribution >= 4 is 0 Å². The number of aryl methyl sites for hydroxylation is 1. The first-order valence-electron chi connectivity index (χ1n) is 7.64. The molecule has 1 heteroatoms. The van der Waals surface area contributed by atoms with E-state index in [0.717, 1.165) is 17.9 Å². The van der Waals surface area contributed by atoms with Gasteiger partial charge in [-0.15, -0.1) is 0 Å². The summed E-state index contributed by atoms with van der Waals surface area (Å²) in [5, 5.41) is 3.82. The van der Waals surface area contributed by atoms with E-state index in [-0.39, 0.29) is 0 Å². The first-order valence-corrected chi connectivity index (χ1v) is 7.64. The van der Waals surface area contributed by atoms with Gasteiger partial charge in [0.1, 0.15) is 0 Å². The predicted octanol–water partition coefficient (Wildman–Crippen LogP) is 3.88. The van der Waals surface area contributed by atoms with Crippen LogP contribution in [0.4, 0.5) is 0 Å². The van der Waals surface area contributed by atoms with E-state index in [4.69, 9.17) is 0 Å². The third-order valence-corrected chi connectivity index (χ3v) is 4.84. The normalized spacial score (nSPS) is 31.3. The number of hydrogen-bond acceptors (Lipinski definition) is 1. The summed E-state index contributed by atoms with van der Waals surface area (Å²) in [7, 11) is 0. The van der Waals surface area contributed by atoms with Crippen molar-refractivity contribution in [1.29, 1.82) is 0 Å². The van der Waals surface area contributed by atoms with Gasteiger partial charge >= 0.3 is 0 Å². The molecule has 3 unspecified atom stereocenters. The lowest BCUT2D eigenvalue weighted by molar-refractivity contribution is 0.446. The Morgan fingerprint density at radius 3 is 2.89 bits per heavy atom. The lowest BCUT2D eigenvalue weighted by Crippen LogP contribution is -2.32. The Balaban J connectivity index is 1.60. The van der Waals surface area contributed by atoms with Gasteiger partial charge in [-0.3, -0.25) is 0 Å². The van der Waals surface area contributed by atoms with Gasteiger partial charge in [0.05, 0.1) is 0 Å². The topological polar surface area (TPSA) is 12.0 Å². The van der Waals surface area contributed by atoms with Gasteiger partial charge in [-0.25, -0.2) is 0 Å². The van der Waals surface area contributed by atoms with E-state index in [0.29, 0.717) is 0 Å². The number of fused-ring (bicyclic) bond motifs is 1. The number of benzene rings is 1. The van der Waals surface area contributed by atoms with Crippen molar-refractivity contribution in [3.63, 3.8) is 0 Å². The molecule has 0 bridgehead atoms. The van der Waals surface area contributed by atoms with Crippen molar-refractivity contribution in [3.8, 4) is 0 Å². The summed E-state index contributed by atoms with van der Waals surface area (Å²) in [4.78, 5) is 0. The van der Waals surface area contributed by atoms with E-state index in [1.807, 2.05) is 0 Å². The van der Waals surface area contributed by atoms with Gasteiger partial charge in [-0.1, -0.05) is 31.2 Å². The van der Waals surface area contributed by atoms with Crippen LogP contribution in [-0.2, 0) is 6.42 Å². The molecule has 98 valence electrons. The van der Waals surface area contributed by atoms with E-state index < -0.39 is 0 Å². The van der Waals surface area contributed by atoms with Gasteiger partial charge in [0.25, 0.3) is 0 Å². The fourth-order valence-corrected chi connectivity index (χ4v) is 3.77.